The van der Waals surface area contributed by atoms with Crippen LogP contribution in [0.5, 0.6) is 5.75 Å². The normalized spacial score (nSPS) is 15.8. The van der Waals surface area contributed by atoms with Crippen molar-refractivity contribution in [3.05, 3.63) is 48.2 Å². The number of nitrogens with one attached hydrogen (secondary N) is 2. The van der Waals surface area contributed by atoms with Gasteiger partial charge in [0.2, 0.25) is 11.8 Å². The topological polar surface area (TPSA) is 85.2 Å². The highest BCUT2D eigenvalue weighted by molar-refractivity contribution is 5.99. The minimum Gasteiger partial charge on any atom is -0.497 e. The van der Waals surface area contributed by atoms with Crippen molar-refractivity contribution in [3.63, 3.8) is 0 Å². The summed E-state index contributed by atoms with van der Waals surface area (Å²) in [7, 11) is 1.60. The monoisotopic (exact) mass is 396 g/mol. The molecule has 1 atom stereocenters. The Morgan fingerprint density at radius 1 is 1.17 bits per heavy atom. The fraction of sp³-hybridized carbons (Fsp3) is 0.409. The quantitative estimate of drug-likeness (QED) is 0.701. The zero-order valence-corrected chi connectivity index (χ0v) is 16.9. The van der Waals surface area contributed by atoms with Crippen LogP contribution in [-0.4, -0.2) is 34.7 Å². The zero-order chi connectivity index (χ0) is 20.6. The van der Waals surface area contributed by atoms with Crippen LogP contribution in [0.2, 0.25) is 0 Å². The van der Waals surface area contributed by atoms with Crippen LogP contribution >= 0.6 is 0 Å². The van der Waals surface area contributed by atoms with Crippen LogP contribution in [0, 0.1) is 0 Å². The number of rotatable bonds is 7. The molecule has 1 fully saturated rings. The summed E-state index contributed by atoms with van der Waals surface area (Å²) in [4.78, 5) is 24.7. The molecule has 0 bridgehead atoms. The molecule has 2 amide bonds. The number of hydrogen-bond donors (Lipinski definition) is 2. The third-order valence-electron chi connectivity index (χ3n) is 5.14. The van der Waals surface area contributed by atoms with Gasteiger partial charge in [-0.2, -0.15) is 5.10 Å². The number of carbonyl (C=O) groups is 2. The third-order valence-corrected chi connectivity index (χ3v) is 5.14. The molecule has 7 heteroatoms. The lowest BCUT2D eigenvalue weighted by Crippen LogP contribution is -2.41. The van der Waals surface area contributed by atoms with Gasteiger partial charge in [0.25, 0.3) is 0 Å². The number of hydrogen-bond acceptors (Lipinski definition) is 4. The van der Waals surface area contributed by atoms with E-state index in [2.05, 4.69) is 15.7 Å². The van der Waals surface area contributed by atoms with Crippen LogP contribution in [0.25, 0.3) is 6.08 Å². The lowest BCUT2D eigenvalue weighted by Gasteiger charge is -2.24. The molecule has 0 aliphatic heterocycles. The summed E-state index contributed by atoms with van der Waals surface area (Å²) >= 11 is 0. The summed E-state index contributed by atoms with van der Waals surface area (Å²) < 4.78 is 7.01. The van der Waals surface area contributed by atoms with Gasteiger partial charge >= 0.3 is 0 Å². The molecule has 2 N–H and O–H groups in total. The van der Waals surface area contributed by atoms with Gasteiger partial charge in [-0.3, -0.25) is 9.59 Å². The number of methoxy groups -OCH3 is 1. The van der Waals surface area contributed by atoms with E-state index in [1.165, 1.54) is 25.3 Å². The molecule has 154 valence electrons. The Labute approximate surface area is 171 Å². The van der Waals surface area contributed by atoms with Crippen LogP contribution < -0.4 is 15.4 Å². The van der Waals surface area contributed by atoms with Crippen molar-refractivity contribution in [2.45, 2.75) is 51.1 Å². The second-order valence-corrected chi connectivity index (χ2v) is 7.28. The van der Waals surface area contributed by atoms with Crippen molar-refractivity contribution in [1.29, 1.82) is 0 Å². The van der Waals surface area contributed by atoms with E-state index < -0.39 is 6.04 Å². The van der Waals surface area contributed by atoms with Gasteiger partial charge in [0.15, 0.2) is 0 Å². The summed E-state index contributed by atoms with van der Waals surface area (Å²) in [6.45, 7) is 1.66. The summed E-state index contributed by atoms with van der Waals surface area (Å²) in [5.41, 5.74) is 0.870. The number of carbonyl (C=O) groups excluding carboxylic acids is 2. The van der Waals surface area contributed by atoms with Crippen molar-refractivity contribution in [3.8, 4) is 5.75 Å². The maximum atomic E-state index is 12.5. The van der Waals surface area contributed by atoms with Crippen LogP contribution in [0.4, 0.5) is 5.82 Å². The van der Waals surface area contributed by atoms with E-state index in [0.717, 1.165) is 24.2 Å². The maximum Gasteiger partial charge on any atom is 0.247 e. The van der Waals surface area contributed by atoms with Gasteiger partial charge in [-0.05, 0) is 43.5 Å². The lowest BCUT2D eigenvalue weighted by molar-refractivity contribution is -0.123. The number of benzene rings is 1. The minimum absolute atomic E-state index is 0.270. The molecule has 1 aliphatic rings. The van der Waals surface area contributed by atoms with Gasteiger partial charge < -0.3 is 15.4 Å². The first-order chi connectivity index (χ1) is 14.1. The summed E-state index contributed by atoms with van der Waals surface area (Å²) in [5.74, 6) is 0.833. The molecule has 1 unspecified atom stereocenters. The fourth-order valence-electron chi connectivity index (χ4n) is 3.48. The second-order valence-electron chi connectivity index (χ2n) is 7.28. The molecule has 0 saturated heterocycles. The average molecular weight is 396 g/mol. The molecular weight excluding hydrogens is 368 g/mol. The predicted molar refractivity (Wildman–Crippen MR) is 113 cm³/mol. The largest absolute Gasteiger partial charge is 0.497 e. The Balaban J connectivity index is 1.53. The Kier molecular flexibility index (Phi) is 7.05. The first-order valence-electron chi connectivity index (χ1n) is 10.0. The van der Waals surface area contributed by atoms with Crippen LogP contribution in [0.1, 0.15) is 50.6 Å². The smallest absolute Gasteiger partial charge is 0.247 e. The molecular formula is C22H28N4O3. The van der Waals surface area contributed by atoms with Gasteiger partial charge in [-0.25, -0.2) is 4.68 Å². The Morgan fingerprint density at radius 3 is 2.59 bits per heavy atom. The molecule has 1 saturated carbocycles. The molecule has 0 radical (unpaired) electrons. The van der Waals surface area contributed by atoms with Gasteiger partial charge in [0.1, 0.15) is 17.6 Å². The van der Waals surface area contributed by atoms with Gasteiger partial charge in [0.05, 0.1) is 19.3 Å². The van der Waals surface area contributed by atoms with E-state index in [-0.39, 0.29) is 11.8 Å². The number of ether oxygens (including phenoxy) is 1. The first kappa shape index (κ1) is 20.6. The molecule has 1 aromatic heterocycles. The average Bonchev–Trinajstić information content (AvgIpc) is 3.21. The van der Waals surface area contributed by atoms with Crippen LogP contribution in [0.15, 0.2) is 42.6 Å². The van der Waals surface area contributed by atoms with E-state index in [0.29, 0.717) is 11.9 Å². The summed E-state index contributed by atoms with van der Waals surface area (Å²) in [6.07, 6.45) is 10.6. The van der Waals surface area contributed by atoms with Crippen LogP contribution in [0.3, 0.4) is 0 Å². The highest BCUT2D eigenvalue weighted by atomic mass is 16.5. The van der Waals surface area contributed by atoms with Gasteiger partial charge in [0, 0.05) is 12.1 Å². The standard InChI is InChI=1S/C22H28N4O3/c1-16(24-21(27)13-10-17-8-11-19(29-2)12-9-17)22(28)25-20-14-15-23-26(20)18-6-4-3-5-7-18/h8-16,18H,3-7H2,1-2H3,(H,24,27)(H,25,28). The Hall–Kier alpha value is -3.09. The van der Waals surface area contributed by atoms with Crippen molar-refractivity contribution in [1.82, 2.24) is 15.1 Å². The van der Waals surface area contributed by atoms with E-state index >= 15 is 0 Å². The summed E-state index contributed by atoms with van der Waals surface area (Å²) in [5, 5.41) is 9.96. The first-order valence-corrected chi connectivity index (χ1v) is 10.0. The SMILES string of the molecule is COc1ccc(C=CC(=O)NC(C)C(=O)Nc2ccnn2C2CCCCC2)cc1. The Morgan fingerprint density at radius 2 is 1.90 bits per heavy atom. The third kappa shape index (κ3) is 5.70. The van der Waals surface area contributed by atoms with Gasteiger partial charge in [-0.15, -0.1) is 0 Å². The molecule has 29 heavy (non-hydrogen) atoms. The second kappa shape index (κ2) is 9.91. The van der Waals surface area contributed by atoms with Crippen LogP contribution in [-0.2, 0) is 9.59 Å². The molecule has 2 aromatic rings. The predicted octanol–water partition coefficient (Wildman–Crippen LogP) is 3.55. The van der Waals surface area contributed by atoms with E-state index in [4.69, 9.17) is 4.74 Å². The van der Waals surface area contributed by atoms with E-state index in [1.807, 2.05) is 28.9 Å². The number of nitrogens with zero attached hydrogens (tertiary/aromatic N) is 2. The molecule has 3 rings (SSSR count). The van der Waals surface area contributed by atoms with E-state index in [1.54, 1.807) is 32.4 Å². The zero-order valence-electron chi connectivity index (χ0n) is 16.9. The molecule has 7 nitrogen and oxygen atoms in total. The molecule has 0 spiro atoms. The van der Waals surface area contributed by atoms with Crippen molar-refractivity contribution in [2.75, 3.05) is 12.4 Å². The maximum absolute atomic E-state index is 12.5. The summed E-state index contributed by atoms with van der Waals surface area (Å²) in [6, 6.07) is 8.80. The fourth-order valence-corrected chi connectivity index (χ4v) is 3.48. The van der Waals surface area contributed by atoms with Crippen molar-refractivity contribution in [2.24, 2.45) is 0 Å². The van der Waals surface area contributed by atoms with Gasteiger partial charge in [-0.1, -0.05) is 31.4 Å². The minimum atomic E-state index is -0.669. The number of anilines is 1. The lowest BCUT2D eigenvalue weighted by atomic mass is 9.96. The van der Waals surface area contributed by atoms with Crippen molar-refractivity contribution >= 4 is 23.7 Å². The number of amides is 2. The molecule has 1 aromatic carbocycles. The molecule has 1 heterocycles. The molecule has 1 aliphatic carbocycles. The van der Waals surface area contributed by atoms with Crippen molar-refractivity contribution < 1.29 is 14.3 Å². The highest BCUT2D eigenvalue weighted by Crippen LogP contribution is 2.29. The highest BCUT2D eigenvalue weighted by Gasteiger charge is 2.21. The van der Waals surface area contributed by atoms with E-state index in [9.17, 15) is 9.59 Å². The Bertz CT molecular complexity index is 851. The number of aromatic nitrogens is 2.